The molecule has 0 saturated heterocycles. The molecule has 0 fully saturated rings. The molecule has 1 spiro atoms. The highest BCUT2D eigenvalue weighted by molar-refractivity contribution is 6.23. The monoisotopic (exact) mass is 494 g/mol. The predicted molar refractivity (Wildman–Crippen MR) is 161 cm³/mol. The lowest BCUT2D eigenvalue weighted by Crippen LogP contribution is -2.45. The summed E-state index contributed by atoms with van der Waals surface area (Å²) in [6.45, 7) is 0. The predicted octanol–water partition coefficient (Wildman–Crippen LogP) is 9.60. The van der Waals surface area contributed by atoms with Crippen LogP contribution >= 0.6 is 0 Å². The number of quaternary nitrogens is 1. The van der Waals surface area contributed by atoms with Crippen molar-refractivity contribution in [2.45, 2.75) is 0 Å². The molecule has 0 N–H and O–H groups in total. The smallest absolute Gasteiger partial charge is 0.179 e. The Morgan fingerprint density at radius 1 is 0.462 bits per heavy atom. The quantitative estimate of drug-likeness (QED) is 0.186. The molecule has 13 rings (SSSR count). The van der Waals surface area contributed by atoms with E-state index in [4.69, 9.17) is 0 Å². The van der Waals surface area contributed by atoms with Gasteiger partial charge in [0.15, 0.2) is 17.1 Å². The third-order valence-corrected chi connectivity index (χ3v) is 9.52. The van der Waals surface area contributed by atoms with Crippen molar-refractivity contribution >= 4 is 60.7 Å². The van der Waals surface area contributed by atoms with E-state index in [9.17, 15) is 0 Å². The average Bonchev–Trinajstić information content (AvgIpc) is 3.48. The molecule has 5 aliphatic heterocycles. The van der Waals surface area contributed by atoms with Crippen LogP contribution in [0.3, 0.4) is 0 Å². The zero-order chi connectivity index (χ0) is 25.0. The van der Waals surface area contributed by atoms with Gasteiger partial charge in [-0.3, -0.25) is 0 Å². The molecular formula is C36H20N3+. The molecule has 5 aliphatic rings. The van der Waals surface area contributed by atoms with E-state index in [-0.39, 0.29) is 0 Å². The number of rotatable bonds is 0. The van der Waals surface area contributed by atoms with Gasteiger partial charge in [0.2, 0.25) is 0 Å². The van der Waals surface area contributed by atoms with Gasteiger partial charge in [-0.25, -0.2) is 0 Å². The van der Waals surface area contributed by atoms with Gasteiger partial charge in [-0.2, -0.15) is 4.68 Å². The van der Waals surface area contributed by atoms with Crippen LogP contribution < -0.4 is 4.59 Å². The lowest BCUT2D eigenvalue weighted by atomic mass is 9.94. The zero-order valence-corrected chi connectivity index (χ0v) is 20.9. The molecule has 0 saturated carbocycles. The first-order chi connectivity index (χ1) is 19.4. The van der Waals surface area contributed by atoms with Crippen molar-refractivity contribution in [2.75, 3.05) is 0 Å². The minimum absolute atomic E-state index is 0.576. The highest BCUT2D eigenvalue weighted by Crippen LogP contribution is 2.66. The molecule has 3 nitrogen and oxygen atoms in total. The molecule has 6 aromatic carbocycles. The van der Waals surface area contributed by atoms with E-state index in [1.807, 2.05) is 0 Å². The fraction of sp³-hybridized carbons (Fsp3) is 0. The number of hydrogen-bond donors (Lipinski definition) is 0. The molecular weight excluding hydrogens is 474 g/mol. The summed E-state index contributed by atoms with van der Waals surface area (Å²) in [5, 5.41) is 5.30. The van der Waals surface area contributed by atoms with Crippen LogP contribution in [0.25, 0.3) is 71.6 Å². The van der Waals surface area contributed by atoms with Crippen LogP contribution in [0.4, 0.5) is 17.1 Å². The highest BCUT2D eigenvalue weighted by Gasteiger charge is 2.55. The summed E-state index contributed by atoms with van der Waals surface area (Å²) in [5.74, 6) is 0. The van der Waals surface area contributed by atoms with Gasteiger partial charge < -0.3 is 4.57 Å². The fourth-order valence-corrected chi connectivity index (χ4v) is 8.19. The largest absolute Gasteiger partial charge is 0.306 e. The summed E-state index contributed by atoms with van der Waals surface area (Å²) in [4.78, 5) is 0. The maximum Gasteiger partial charge on any atom is 0.179 e. The van der Waals surface area contributed by atoms with Crippen LogP contribution in [0.2, 0.25) is 0 Å². The minimum Gasteiger partial charge on any atom is -0.306 e. The van der Waals surface area contributed by atoms with E-state index >= 15 is 0 Å². The van der Waals surface area contributed by atoms with E-state index in [1.165, 1.54) is 88.6 Å². The Morgan fingerprint density at radius 2 is 1.08 bits per heavy atom. The molecule has 0 aliphatic carbocycles. The minimum atomic E-state index is 0.576. The number of hydrogen-bond acceptors (Lipinski definition) is 0. The summed E-state index contributed by atoms with van der Waals surface area (Å²) in [6, 6.07) is 45.4. The Kier molecular flexibility index (Phi) is 2.91. The number of aromatic nitrogens is 2. The third kappa shape index (κ3) is 1.80. The number of fused-ring (bicyclic) bond motifs is 6. The van der Waals surface area contributed by atoms with Gasteiger partial charge in [-0.1, -0.05) is 66.7 Å². The van der Waals surface area contributed by atoms with Crippen molar-refractivity contribution in [3.05, 3.63) is 121 Å². The summed E-state index contributed by atoms with van der Waals surface area (Å²) in [5.41, 5.74) is 15.7. The van der Waals surface area contributed by atoms with Crippen molar-refractivity contribution in [1.29, 1.82) is 0 Å². The molecule has 39 heavy (non-hydrogen) atoms. The Labute approximate surface area is 223 Å². The molecule has 7 heterocycles. The standard InChI is InChI=1S/C36H20N3/c1-5-13-28-22(9-1)26-19-21-17-18-29(26)37(28)36-34(21)33-20-27-23-10-2-6-14-30(23)38(35(27)36)39(33)31-15-7-3-11-24(31)25-12-4-8-16-32(25)39/h1-20H/q+1. The SMILES string of the molecule is c1ccc2c(c1)-c1ccccc1[N+]21c2cc3c4ccccc4n1c3c1c2-c2ccc3c(c2)c2ccccc2n3-1. The summed E-state index contributed by atoms with van der Waals surface area (Å²) in [6.07, 6.45) is 0. The summed E-state index contributed by atoms with van der Waals surface area (Å²) >= 11 is 0. The molecule has 0 radical (unpaired) electrons. The number of nitrogens with zero attached hydrogens (tertiary/aromatic N) is 3. The van der Waals surface area contributed by atoms with Gasteiger partial charge in [0.1, 0.15) is 11.0 Å². The van der Waals surface area contributed by atoms with Crippen LogP contribution in [0.15, 0.2) is 121 Å². The van der Waals surface area contributed by atoms with Gasteiger partial charge >= 0.3 is 0 Å². The number of para-hydroxylation sites is 4. The summed E-state index contributed by atoms with van der Waals surface area (Å²) in [7, 11) is 0. The molecule has 0 unspecified atom stereocenters. The maximum atomic E-state index is 2.63. The third-order valence-electron chi connectivity index (χ3n) is 9.52. The van der Waals surface area contributed by atoms with Crippen molar-refractivity contribution < 1.29 is 0 Å². The van der Waals surface area contributed by atoms with Crippen molar-refractivity contribution in [2.24, 2.45) is 0 Å². The van der Waals surface area contributed by atoms with Crippen LogP contribution in [0, 0.1) is 0 Å². The van der Waals surface area contributed by atoms with E-state index in [0.29, 0.717) is 4.59 Å². The topological polar surface area (TPSA) is 9.86 Å². The van der Waals surface area contributed by atoms with Gasteiger partial charge in [-0.15, -0.1) is 4.59 Å². The zero-order valence-electron chi connectivity index (χ0n) is 20.9. The van der Waals surface area contributed by atoms with Gasteiger partial charge in [-0.05, 0) is 42.0 Å². The second-order valence-electron chi connectivity index (χ2n) is 11.1. The van der Waals surface area contributed by atoms with E-state index in [2.05, 4.69) is 131 Å². The van der Waals surface area contributed by atoms with Crippen molar-refractivity contribution in [1.82, 2.24) is 13.8 Å². The van der Waals surface area contributed by atoms with Gasteiger partial charge in [0.05, 0.1) is 33.4 Å². The molecule has 0 amide bonds. The van der Waals surface area contributed by atoms with Gasteiger partial charge in [0, 0.05) is 39.7 Å². The Bertz CT molecular complexity index is 2400. The fourth-order valence-electron chi connectivity index (χ4n) is 8.19. The maximum absolute atomic E-state index is 2.63. The highest BCUT2D eigenvalue weighted by atomic mass is 15.7. The van der Waals surface area contributed by atoms with Crippen LogP contribution in [0.1, 0.15) is 0 Å². The Balaban J connectivity index is 1.47. The molecule has 0 atom stereocenters. The second kappa shape index (κ2) is 5.96. The summed E-state index contributed by atoms with van der Waals surface area (Å²) < 4.78 is 5.75. The molecule has 8 aromatic rings. The first-order valence-corrected chi connectivity index (χ1v) is 13.6. The van der Waals surface area contributed by atoms with E-state index in [0.717, 1.165) is 0 Å². The first-order valence-electron chi connectivity index (χ1n) is 13.6. The molecule has 2 aromatic heterocycles. The van der Waals surface area contributed by atoms with Crippen LogP contribution in [-0.4, -0.2) is 9.24 Å². The van der Waals surface area contributed by atoms with Crippen molar-refractivity contribution in [3.8, 4) is 27.9 Å². The van der Waals surface area contributed by atoms with Gasteiger partial charge in [0.25, 0.3) is 0 Å². The molecule has 8 bridgehead atoms. The molecule has 178 valence electrons. The first kappa shape index (κ1) is 19.0. The lowest BCUT2D eigenvalue weighted by molar-refractivity contribution is 0.450. The van der Waals surface area contributed by atoms with Crippen molar-refractivity contribution in [3.63, 3.8) is 0 Å². The average molecular weight is 495 g/mol. The van der Waals surface area contributed by atoms with E-state index in [1.54, 1.807) is 0 Å². The Hall–Kier alpha value is -5.12. The Morgan fingerprint density at radius 3 is 1.85 bits per heavy atom. The van der Waals surface area contributed by atoms with E-state index < -0.39 is 0 Å². The second-order valence-corrected chi connectivity index (χ2v) is 11.1. The van der Waals surface area contributed by atoms with Crippen LogP contribution in [0.5, 0.6) is 0 Å². The van der Waals surface area contributed by atoms with Crippen LogP contribution in [-0.2, 0) is 0 Å². The normalized spacial score (nSPS) is 14.9. The molecule has 3 heteroatoms. The lowest BCUT2D eigenvalue weighted by Gasteiger charge is -2.41. The number of benzene rings is 6.